The molecule has 0 amide bonds. The summed E-state index contributed by atoms with van der Waals surface area (Å²) in [7, 11) is 0. The fourth-order valence-corrected chi connectivity index (χ4v) is 20.4. The maximum atomic E-state index is 6.79. The van der Waals surface area contributed by atoms with Gasteiger partial charge in [-0.05, 0) is 0 Å². The molecule has 0 heterocycles. The Hall–Kier alpha value is -1.62. The molecule has 0 bridgehead atoms. The number of ether oxygens (including phenoxy) is 1. The summed E-state index contributed by atoms with van der Waals surface area (Å²) in [5.74, 6) is 0. The third-order valence-corrected chi connectivity index (χ3v) is 23.0. The molecule has 1 N–H and O–H groups in total. The van der Waals surface area contributed by atoms with Crippen LogP contribution in [0.25, 0.3) is 0 Å². The van der Waals surface area contributed by atoms with Gasteiger partial charge in [-0.1, -0.05) is 0 Å². The summed E-state index contributed by atoms with van der Waals surface area (Å²) in [6, 6.07) is 32.8. The first-order chi connectivity index (χ1) is 19.4. The van der Waals surface area contributed by atoms with Crippen LogP contribution in [0.2, 0.25) is 13.3 Å². The molecule has 0 atom stereocenters. The summed E-state index contributed by atoms with van der Waals surface area (Å²) in [5, 5.41) is 4.11. The summed E-state index contributed by atoms with van der Waals surface area (Å²) < 4.78 is 12.4. The maximum absolute atomic E-state index is 6.79. The second kappa shape index (κ2) is 16.7. The van der Waals surface area contributed by atoms with Crippen LogP contribution in [0.4, 0.5) is 0 Å². The number of hydrogen-bond acceptors (Lipinski definition) is 2. The van der Waals surface area contributed by atoms with E-state index in [2.05, 4.69) is 131 Å². The molecule has 0 aliphatic carbocycles. The van der Waals surface area contributed by atoms with Crippen LogP contribution in [-0.4, -0.2) is 36.2 Å². The normalized spacial score (nSPS) is 12.5. The average molecular weight is 649 g/mol. The molecule has 0 radical (unpaired) electrons. The van der Waals surface area contributed by atoms with Gasteiger partial charge in [0.2, 0.25) is 0 Å². The topological polar surface area (TPSA) is 21.3 Å². The summed E-state index contributed by atoms with van der Waals surface area (Å²) in [5.41, 5.74) is 3.35. The molecule has 3 aromatic carbocycles. The van der Waals surface area contributed by atoms with Gasteiger partial charge in [0.25, 0.3) is 0 Å². The molecule has 0 aromatic heterocycles. The fourth-order valence-electron chi connectivity index (χ4n) is 6.08. The second-order valence-electron chi connectivity index (χ2n) is 12.7. The van der Waals surface area contributed by atoms with E-state index < -0.39 is 23.9 Å². The summed E-state index contributed by atoms with van der Waals surface area (Å²) in [6.07, 6.45) is 8.12. The van der Waals surface area contributed by atoms with Gasteiger partial charge >= 0.3 is 251 Å². The SMILES string of the molecule is CCC[CH2][Sn]([CH2]CCC)([CH2]CCC)[CH2]OCC(C)(C)CNC(c1ccccc1)(c1ccccc1)c1ccccc1. The van der Waals surface area contributed by atoms with E-state index >= 15 is 0 Å². The molecule has 0 aliphatic heterocycles. The van der Waals surface area contributed by atoms with E-state index in [4.69, 9.17) is 4.74 Å². The molecular weight excluding hydrogens is 593 g/mol. The van der Waals surface area contributed by atoms with E-state index in [1.807, 2.05) is 0 Å². The van der Waals surface area contributed by atoms with E-state index in [1.165, 1.54) is 68.5 Å². The Balaban J connectivity index is 1.84. The van der Waals surface area contributed by atoms with Crippen molar-refractivity contribution in [1.29, 1.82) is 0 Å². The zero-order chi connectivity index (χ0) is 28.7. The molecule has 3 rings (SSSR count). The van der Waals surface area contributed by atoms with Crippen molar-refractivity contribution in [3.63, 3.8) is 0 Å². The van der Waals surface area contributed by atoms with Gasteiger partial charge in [-0.25, -0.2) is 0 Å². The van der Waals surface area contributed by atoms with Crippen LogP contribution >= 0.6 is 0 Å². The van der Waals surface area contributed by atoms with Crippen molar-refractivity contribution in [2.75, 3.05) is 17.8 Å². The molecule has 40 heavy (non-hydrogen) atoms. The first-order valence-electron chi connectivity index (χ1n) is 15.9. The quantitative estimate of drug-likeness (QED) is 0.103. The van der Waals surface area contributed by atoms with Crippen molar-refractivity contribution >= 4 is 18.4 Å². The molecule has 0 saturated carbocycles. The predicted molar refractivity (Wildman–Crippen MR) is 177 cm³/mol. The Bertz CT molecular complexity index is 949. The summed E-state index contributed by atoms with van der Waals surface area (Å²) in [6.45, 7) is 13.4. The zero-order valence-electron chi connectivity index (χ0n) is 26.1. The number of unbranched alkanes of at least 4 members (excludes halogenated alkanes) is 3. The van der Waals surface area contributed by atoms with Crippen LogP contribution in [-0.2, 0) is 10.3 Å². The number of nitrogens with one attached hydrogen (secondary N) is 1. The van der Waals surface area contributed by atoms with E-state index in [9.17, 15) is 0 Å². The van der Waals surface area contributed by atoms with Crippen LogP contribution in [0.1, 0.15) is 89.8 Å². The second-order valence-corrected chi connectivity index (χ2v) is 26.3. The number of hydrogen-bond donors (Lipinski definition) is 1. The molecule has 0 fully saturated rings. The Morgan fingerprint density at radius 3 is 1.32 bits per heavy atom. The van der Waals surface area contributed by atoms with Gasteiger partial charge in [0, 0.05) is 0 Å². The molecule has 2 nitrogen and oxygen atoms in total. The molecule has 3 aromatic rings. The van der Waals surface area contributed by atoms with Crippen LogP contribution < -0.4 is 5.32 Å². The van der Waals surface area contributed by atoms with Crippen molar-refractivity contribution in [3.8, 4) is 0 Å². The molecule has 3 heteroatoms. The van der Waals surface area contributed by atoms with Crippen molar-refractivity contribution in [2.24, 2.45) is 5.41 Å². The van der Waals surface area contributed by atoms with Gasteiger partial charge < -0.3 is 0 Å². The Kier molecular flexibility index (Phi) is 13.8. The first kappa shape index (κ1) is 32.9. The van der Waals surface area contributed by atoms with Gasteiger partial charge in [-0.15, -0.1) is 0 Å². The van der Waals surface area contributed by atoms with Gasteiger partial charge in [0.15, 0.2) is 0 Å². The summed E-state index contributed by atoms with van der Waals surface area (Å²) in [4.78, 5) is 0. The van der Waals surface area contributed by atoms with Gasteiger partial charge in [-0.3, -0.25) is 0 Å². The molecular formula is C37H55NOSn. The Labute approximate surface area is 250 Å². The van der Waals surface area contributed by atoms with E-state index in [-0.39, 0.29) is 5.41 Å². The van der Waals surface area contributed by atoms with Crippen LogP contribution in [0.3, 0.4) is 0 Å². The van der Waals surface area contributed by atoms with Gasteiger partial charge in [-0.2, -0.15) is 0 Å². The number of benzene rings is 3. The Morgan fingerprint density at radius 2 is 0.975 bits per heavy atom. The third-order valence-electron chi connectivity index (χ3n) is 8.54. The van der Waals surface area contributed by atoms with Crippen LogP contribution in [0.5, 0.6) is 0 Å². The van der Waals surface area contributed by atoms with E-state index in [0.717, 1.165) is 17.8 Å². The predicted octanol–water partition coefficient (Wildman–Crippen LogP) is 10.00. The van der Waals surface area contributed by atoms with Crippen molar-refractivity contribution in [3.05, 3.63) is 108 Å². The number of rotatable bonds is 19. The Morgan fingerprint density at radius 1 is 0.600 bits per heavy atom. The van der Waals surface area contributed by atoms with E-state index in [0.29, 0.717) is 0 Å². The van der Waals surface area contributed by atoms with Crippen molar-refractivity contribution in [1.82, 2.24) is 5.32 Å². The molecule has 0 aliphatic rings. The fraction of sp³-hybridized carbons (Fsp3) is 0.514. The molecule has 218 valence electrons. The van der Waals surface area contributed by atoms with Crippen molar-refractivity contribution in [2.45, 2.75) is 92.0 Å². The monoisotopic (exact) mass is 649 g/mol. The van der Waals surface area contributed by atoms with Gasteiger partial charge in [0.05, 0.1) is 0 Å². The standard InChI is InChI=1S/C25H28NO.3C4H9.Sn/c1-24(2,20-27-3)19-26-25(21-13-7-4-8-14-21,22-15-9-5-10-16-22)23-17-11-6-12-18-23;3*1-3-4-2;/h4-18,26H,3,19-20H2,1-2H3;3*1,3-4H2,2H3;. The molecule has 0 saturated heterocycles. The molecule has 0 spiro atoms. The van der Waals surface area contributed by atoms with Crippen LogP contribution in [0, 0.1) is 5.41 Å². The zero-order valence-corrected chi connectivity index (χ0v) is 28.9. The third kappa shape index (κ3) is 9.19. The van der Waals surface area contributed by atoms with Crippen molar-refractivity contribution < 1.29 is 4.74 Å². The van der Waals surface area contributed by atoms with Gasteiger partial charge in [0.1, 0.15) is 0 Å². The molecule has 0 unspecified atom stereocenters. The van der Waals surface area contributed by atoms with Crippen LogP contribution in [0.15, 0.2) is 91.0 Å². The first-order valence-corrected chi connectivity index (χ1v) is 24.0. The summed E-state index contributed by atoms with van der Waals surface area (Å²) >= 11 is -2.31. The van der Waals surface area contributed by atoms with E-state index in [1.54, 1.807) is 0 Å². The minimum atomic E-state index is -2.31. The average Bonchev–Trinajstić information content (AvgIpc) is 2.99. The minimum absolute atomic E-state index is 0.00146.